The highest BCUT2D eigenvalue weighted by atomic mass is 16.3. The maximum Gasteiger partial charge on any atom is 0.115 e. The van der Waals surface area contributed by atoms with Gasteiger partial charge in [-0.2, -0.15) is 0 Å². The maximum absolute atomic E-state index is 9.53. The molecule has 1 aromatic rings. The van der Waals surface area contributed by atoms with E-state index >= 15 is 0 Å². The molecule has 0 amide bonds. The molecule has 0 saturated carbocycles. The second kappa shape index (κ2) is 10.5. The molecular formula is C19H30N2O2. The van der Waals surface area contributed by atoms with E-state index in [9.17, 15) is 10.2 Å². The molecule has 0 fully saturated rings. The second-order valence-corrected chi connectivity index (χ2v) is 4.66. The van der Waals surface area contributed by atoms with E-state index in [-0.39, 0.29) is 17.6 Å². The van der Waals surface area contributed by atoms with E-state index in [1.165, 1.54) is 0 Å². The molecule has 0 aliphatic heterocycles. The summed E-state index contributed by atoms with van der Waals surface area (Å²) in [5.74, 6) is 0.434. The number of rotatable bonds is 2. The van der Waals surface area contributed by atoms with Crippen molar-refractivity contribution in [1.82, 2.24) is 0 Å². The predicted molar refractivity (Wildman–Crippen MR) is 99.7 cm³/mol. The van der Waals surface area contributed by atoms with Gasteiger partial charge in [0.15, 0.2) is 0 Å². The Morgan fingerprint density at radius 3 is 2.30 bits per heavy atom. The Morgan fingerprint density at radius 1 is 1.13 bits per heavy atom. The molecule has 5 N–H and O–H groups in total. The molecular weight excluding hydrogens is 288 g/mol. The highest BCUT2D eigenvalue weighted by Crippen LogP contribution is 2.24. The zero-order chi connectivity index (χ0) is 18.0. The first-order chi connectivity index (χ1) is 11.0. The average molecular weight is 318 g/mol. The molecule has 4 heteroatoms. The van der Waals surface area contributed by atoms with Crippen LogP contribution in [-0.2, 0) is 0 Å². The Kier molecular flexibility index (Phi) is 9.51. The van der Waals surface area contributed by atoms with E-state index in [2.05, 4.69) is 5.32 Å². The van der Waals surface area contributed by atoms with Crippen LogP contribution in [0.15, 0.2) is 53.5 Å². The Morgan fingerprint density at radius 2 is 1.74 bits per heavy atom. The van der Waals surface area contributed by atoms with Gasteiger partial charge in [0, 0.05) is 11.4 Å². The van der Waals surface area contributed by atoms with Crippen molar-refractivity contribution in [3.8, 4) is 5.75 Å². The number of hydrogen-bond donors (Lipinski definition) is 4. The third-order valence-electron chi connectivity index (χ3n) is 3.10. The van der Waals surface area contributed by atoms with E-state index in [1.807, 2.05) is 47.6 Å². The molecule has 1 aliphatic carbocycles. The number of aliphatic hydroxyl groups is 1. The quantitative estimate of drug-likeness (QED) is 0.592. The Labute approximate surface area is 140 Å². The summed E-state index contributed by atoms with van der Waals surface area (Å²) in [5, 5.41) is 22.2. The average Bonchev–Trinajstić information content (AvgIpc) is 2.56. The van der Waals surface area contributed by atoms with Crippen LogP contribution in [0.1, 0.15) is 40.2 Å². The van der Waals surface area contributed by atoms with E-state index in [0.717, 1.165) is 22.5 Å². The standard InChI is InChI=1S/C15H18N2O2.2C2H6/c1-9-7-11(18)4-6-15(9)17-10(2)13-8-12(19)3-5-14(13)16;2*1-2/h3-8,14,17-19H,16H2,1-2H3;2*1-2H3/b13-10-;;. The predicted octanol–water partition coefficient (Wildman–Crippen LogP) is 4.78. The number of hydrogen-bond acceptors (Lipinski definition) is 4. The molecule has 0 bridgehead atoms. The van der Waals surface area contributed by atoms with Crippen LogP contribution in [-0.4, -0.2) is 16.3 Å². The van der Waals surface area contributed by atoms with Gasteiger partial charge in [-0.05, 0) is 55.3 Å². The number of aliphatic hydroxyl groups excluding tert-OH is 1. The molecule has 128 valence electrons. The lowest BCUT2D eigenvalue weighted by atomic mass is 10.00. The number of aromatic hydroxyl groups is 1. The molecule has 0 radical (unpaired) electrons. The van der Waals surface area contributed by atoms with Crippen LogP contribution in [0.4, 0.5) is 5.69 Å². The number of anilines is 1. The zero-order valence-electron chi connectivity index (χ0n) is 15.0. The van der Waals surface area contributed by atoms with Gasteiger partial charge in [-0.3, -0.25) is 0 Å². The fraction of sp³-hybridized carbons (Fsp3) is 0.368. The molecule has 0 aromatic heterocycles. The van der Waals surface area contributed by atoms with Crippen molar-refractivity contribution in [2.24, 2.45) is 5.73 Å². The van der Waals surface area contributed by atoms with E-state index in [1.54, 1.807) is 30.4 Å². The van der Waals surface area contributed by atoms with E-state index in [4.69, 9.17) is 5.73 Å². The number of allylic oxidation sites excluding steroid dienone is 2. The third-order valence-corrected chi connectivity index (χ3v) is 3.10. The number of nitrogens with two attached hydrogens (primary N) is 1. The third kappa shape index (κ3) is 6.20. The fourth-order valence-electron chi connectivity index (χ4n) is 2.03. The monoisotopic (exact) mass is 318 g/mol. The van der Waals surface area contributed by atoms with E-state index in [0.29, 0.717) is 0 Å². The Balaban J connectivity index is 0.00000112. The molecule has 0 saturated heterocycles. The van der Waals surface area contributed by atoms with Gasteiger partial charge in [0.05, 0.1) is 6.04 Å². The minimum absolute atomic E-state index is 0.195. The lowest BCUT2D eigenvalue weighted by molar-refractivity contribution is 0.429. The van der Waals surface area contributed by atoms with Gasteiger partial charge in [0.25, 0.3) is 0 Å². The minimum Gasteiger partial charge on any atom is -0.508 e. The second-order valence-electron chi connectivity index (χ2n) is 4.66. The Hall–Kier alpha value is -2.20. The maximum atomic E-state index is 9.53. The summed E-state index contributed by atoms with van der Waals surface area (Å²) in [6.45, 7) is 11.8. The van der Waals surface area contributed by atoms with Gasteiger partial charge < -0.3 is 21.3 Å². The summed E-state index contributed by atoms with van der Waals surface area (Å²) < 4.78 is 0. The van der Waals surface area contributed by atoms with Crippen LogP contribution in [0.2, 0.25) is 0 Å². The van der Waals surface area contributed by atoms with Gasteiger partial charge in [0.1, 0.15) is 11.5 Å². The number of phenolic OH excluding ortho intramolecular Hbond substituents is 1. The summed E-state index contributed by atoms with van der Waals surface area (Å²) in [5.41, 5.74) is 9.53. The first kappa shape index (κ1) is 20.8. The summed E-state index contributed by atoms with van der Waals surface area (Å²) in [6.07, 6.45) is 5.00. The van der Waals surface area contributed by atoms with Crippen molar-refractivity contribution in [3.05, 3.63) is 59.0 Å². The smallest absolute Gasteiger partial charge is 0.115 e. The SMILES string of the molecule is C/C(Nc1ccc(O)cc1C)=C1\C=C(O)C=CC1N.CC.CC. The van der Waals surface area contributed by atoms with Crippen molar-refractivity contribution in [2.75, 3.05) is 5.32 Å². The molecule has 23 heavy (non-hydrogen) atoms. The first-order valence-corrected chi connectivity index (χ1v) is 8.09. The topological polar surface area (TPSA) is 78.5 Å². The number of phenols is 1. The Bertz CT molecular complexity index is 587. The van der Waals surface area contributed by atoms with E-state index < -0.39 is 0 Å². The van der Waals surface area contributed by atoms with Gasteiger partial charge >= 0.3 is 0 Å². The summed E-state index contributed by atoms with van der Waals surface area (Å²) in [4.78, 5) is 0. The normalized spacial score (nSPS) is 17.9. The zero-order valence-corrected chi connectivity index (χ0v) is 15.0. The van der Waals surface area contributed by atoms with Crippen LogP contribution >= 0.6 is 0 Å². The minimum atomic E-state index is -0.235. The van der Waals surface area contributed by atoms with Crippen molar-refractivity contribution in [2.45, 2.75) is 47.6 Å². The van der Waals surface area contributed by atoms with Crippen molar-refractivity contribution in [3.63, 3.8) is 0 Å². The molecule has 1 aliphatic rings. The van der Waals surface area contributed by atoms with Gasteiger partial charge in [-0.15, -0.1) is 0 Å². The van der Waals surface area contributed by atoms with Gasteiger partial charge in [0.2, 0.25) is 0 Å². The lowest BCUT2D eigenvalue weighted by Crippen LogP contribution is -2.23. The summed E-state index contributed by atoms with van der Waals surface area (Å²) >= 11 is 0. The van der Waals surface area contributed by atoms with Crippen molar-refractivity contribution >= 4 is 5.69 Å². The van der Waals surface area contributed by atoms with Crippen LogP contribution in [0, 0.1) is 6.92 Å². The van der Waals surface area contributed by atoms with Gasteiger partial charge in [-0.1, -0.05) is 33.8 Å². The van der Waals surface area contributed by atoms with Crippen LogP contribution in [0.3, 0.4) is 0 Å². The number of benzene rings is 1. The highest BCUT2D eigenvalue weighted by Gasteiger charge is 2.13. The van der Waals surface area contributed by atoms with Crippen molar-refractivity contribution in [1.29, 1.82) is 0 Å². The summed E-state index contributed by atoms with van der Waals surface area (Å²) in [6, 6.07) is 4.89. The number of nitrogens with one attached hydrogen (secondary N) is 1. The fourth-order valence-corrected chi connectivity index (χ4v) is 2.03. The van der Waals surface area contributed by atoms with Crippen molar-refractivity contribution < 1.29 is 10.2 Å². The van der Waals surface area contributed by atoms with Crippen LogP contribution in [0.5, 0.6) is 5.75 Å². The molecule has 4 nitrogen and oxygen atoms in total. The first-order valence-electron chi connectivity index (χ1n) is 8.09. The molecule has 1 aromatic carbocycles. The molecule has 1 atom stereocenters. The lowest BCUT2D eigenvalue weighted by Gasteiger charge is -2.19. The number of aryl methyl sites for hydroxylation is 1. The molecule has 2 rings (SSSR count). The molecule has 1 unspecified atom stereocenters. The summed E-state index contributed by atoms with van der Waals surface area (Å²) in [7, 11) is 0. The van der Waals surface area contributed by atoms with Gasteiger partial charge in [-0.25, -0.2) is 0 Å². The van der Waals surface area contributed by atoms with Crippen LogP contribution < -0.4 is 11.1 Å². The molecule has 0 heterocycles. The van der Waals surface area contributed by atoms with Crippen LogP contribution in [0.25, 0.3) is 0 Å². The molecule has 0 spiro atoms. The largest absolute Gasteiger partial charge is 0.508 e. The highest BCUT2D eigenvalue weighted by molar-refractivity contribution is 5.58.